The normalized spacial score (nSPS) is 15.1. The summed E-state index contributed by atoms with van der Waals surface area (Å²) in [6.07, 6.45) is -9.74. The maximum atomic E-state index is 13.0. The maximum absolute atomic E-state index is 13.0. The minimum atomic E-state index is -6.52. The lowest BCUT2D eigenvalue weighted by molar-refractivity contribution is -0.268. The van der Waals surface area contributed by atoms with Crippen LogP contribution in [0.15, 0.2) is 30.3 Å². The summed E-state index contributed by atoms with van der Waals surface area (Å²) in [4.78, 5) is 0. The van der Waals surface area contributed by atoms with Crippen LogP contribution < -0.4 is 0 Å². The van der Waals surface area contributed by atoms with Gasteiger partial charge in [-0.2, -0.15) is 22.0 Å². The lowest BCUT2D eigenvalue weighted by Crippen LogP contribution is -2.51. The molecule has 4 nitrogen and oxygen atoms in total. The van der Waals surface area contributed by atoms with Gasteiger partial charge in [0, 0.05) is 0 Å². The first kappa shape index (κ1) is 16.8. The number of halogens is 5. The van der Waals surface area contributed by atoms with E-state index >= 15 is 0 Å². The molecule has 1 unspecified atom stereocenters. The predicted molar refractivity (Wildman–Crippen MR) is 55.7 cm³/mol. The molecule has 1 rings (SSSR count). The van der Waals surface area contributed by atoms with Crippen LogP contribution in [0.2, 0.25) is 0 Å². The van der Waals surface area contributed by atoms with Crippen LogP contribution in [0, 0.1) is 0 Å². The van der Waals surface area contributed by atoms with E-state index in [2.05, 4.69) is 4.74 Å². The fourth-order valence-electron chi connectivity index (χ4n) is 1.27. The maximum Gasteiger partial charge on any atom is 0.421 e. The van der Waals surface area contributed by atoms with Crippen LogP contribution in [0.1, 0.15) is 5.56 Å². The van der Waals surface area contributed by atoms with Crippen LogP contribution in [0.25, 0.3) is 0 Å². The molecule has 0 amide bonds. The first-order valence-corrected chi connectivity index (χ1v) is 6.42. The van der Waals surface area contributed by atoms with Crippen molar-refractivity contribution in [2.45, 2.75) is 24.1 Å². The van der Waals surface area contributed by atoms with Crippen molar-refractivity contribution in [1.29, 1.82) is 0 Å². The fourth-order valence-corrected chi connectivity index (χ4v) is 1.73. The first-order valence-electron chi connectivity index (χ1n) is 5.01. The molecule has 1 aromatic carbocycles. The van der Waals surface area contributed by atoms with Crippen molar-refractivity contribution >= 4 is 10.1 Å². The van der Waals surface area contributed by atoms with Gasteiger partial charge in [0.1, 0.15) is 0 Å². The summed E-state index contributed by atoms with van der Waals surface area (Å²) in [6, 6.07) is 6.95. The Morgan fingerprint density at radius 1 is 1.10 bits per heavy atom. The Morgan fingerprint density at radius 3 is 2.00 bits per heavy atom. The Labute approximate surface area is 110 Å². The number of benzene rings is 1. The van der Waals surface area contributed by atoms with Crippen molar-refractivity contribution in [2.75, 3.05) is 0 Å². The highest BCUT2D eigenvalue weighted by molar-refractivity contribution is 7.86. The number of hydrogen-bond acceptors (Lipinski definition) is 4. The molecule has 0 aliphatic rings. The second-order valence-corrected chi connectivity index (χ2v) is 5.19. The summed E-state index contributed by atoms with van der Waals surface area (Å²) in [6.45, 7) is -0.921. The first-order chi connectivity index (χ1) is 8.96. The zero-order chi connectivity index (χ0) is 15.6. The van der Waals surface area contributed by atoms with Gasteiger partial charge in [0.25, 0.3) is 0 Å². The molecule has 0 bridgehead atoms. The van der Waals surface area contributed by atoms with Crippen LogP contribution in [-0.2, 0) is 21.5 Å². The van der Waals surface area contributed by atoms with Gasteiger partial charge < -0.3 is 9.29 Å². The van der Waals surface area contributed by atoms with E-state index in [1.54, 1.807) is 0 Å². The number of ether oxygens (including phenoxy) is 1. The highest BCUT2D eigenvalue weighted by atomic mass is 32.2. The monoisotopic (exact) mass is 319 g/mol. The Bertz CT molecular complexity index is 541. The molecule has 20 heavy (non-hydrogen) atoms. The third-order valence-electron chi connectivity index (χ3n) is 2.20. The molecule has 1 atom stereocenters. The van der Waals surface area contributed by atoms with Gasteiger partial charge in [-0.25, -0.2) is 8.42 Å². The smallest absolute Gasteiger partial charge is 0.421 e. The lowest BCUT2D eigenvalue weighted by atomic mass is 10.2. The van der Waals surface area contributed by atoms with E-state index in [-0.39, 0.29) is 5.56 Å². The fraction of sp³-hybridized carbons (Fsp3) is 0.400. The van der Waals surface area contributed by atoms with Gasteiger partial charge in [-0.15, -0.1) is 0 Å². The molecule has 114 valence electrons. The molecule has 0 aliphatic carbocycles. The van der Waals surface area contributed by atoms with Crippen LogP contribution in [-0.4, -0.2) is 30.5 Å². The van der Waals surface area contributed by atoms with Crippen LogP contribution in [0.3, 0.4) is 0 Å². The van der Waals surface area contributed by atoms with Crippen LogP contribution in [0.5, 0.6) is 0 Å². The van der Waals surface area contributed by atoms with Gasteiger partial charge in [-0.3, -0.25) is 0 Å². The van der Waals surface area contributed by atoms with E-state index in [9.17, 15) is 34.9 Å². The molecule has 0 aliphatic heterocycles. The van der Waals surface area contributed by atoms with Gasteiger partial charge >= 0.3 is 11.4 Å². The Kier molecular flexibility index (Phi) is 4.72. The summed E-state index contributed by atoms with van der Waals surface area (Å²) in [5.41, 5.74) is 0.112. The Morgan fingerprint density at radius 2 is 1.60 bits per heavy atom. The average molecular weight is 319 g/mol. The predicted octanol–water partition coefficient (Wildman–Crippen LogP) is 2.27. The molecule has 0 saturated carbocycles. The molecule has 0 saturated heterocycles. The number of hydrogen-bond donors (Lipinski definition) is 0. The van der Waals surface area contributed by atoms with Crippen molar-refractivity contribution < 1.29 is 39.7 Å². The van der Waals surface area contributed by atoms with Crippen molar-refractivity contribution in [1.82, 2.24) is 0 Å². The van der Waals surface area contributed by atoms with E-state index in [0.29, 0.717) is 0 Å². The van der Waals surface area contributed by atoms with Crippen LogP contribution in [0.4, 0.5) is 22.0 Å². The second-order valence-electron chi connectivity index (χ2n) is 3.73. The standard InChI is InChI=1S/C10H9F5O4S/c11-9(12,13)8(10(14,15)20(16,17)18)19-6-7-4-2-1-3-5-7/h1-5,8H,6H2,(H,16,17,18)/p-1. The molecular weight excluding hydrogens is 311 g/mol. The molecular formula is C10H8F5O4S-. The Balaban J connectivity index is 2.98. The minimum absolute atomic E-state index is 0.112. The van der Waals surface area contributed by atoms with E-state index in [4.69, 9.17) is 0 Å². The second kappa shape index (κ2) is 5.62. The molecule has 0 N–H and O–H groups in total. The van der Waals surface area contributed by atoms with Crippen molar-refractivity contribution in [3.8, 4) is 0 Å². The molecule has 10 heteroatoms. The van der Waals surface area contributed by atoms with Crippen molar-refractivity contribution in [3.63, 3.8) is 0 Å². The molecule has 0 aromatic heterocycles. The van der Waals surface area contributed by atoms with Gasteiger partial charge in [-0.1, -0.05) is 30.3 Å². The van der Waals surface area contributed by atoms with Crippen molar-refractivity contribution in [3.05, 3.63) is 35.9 Å². The third-order valence-corrected chi connectivity index (χ3v) is 3.08. The summed E-state index contributed by atoms with van der Waals surface area (Å²) >= 11 is 0. The lowest BCUT2D eigenvalue weighted by Gasteiger charge is -2.30. The quantitative estimate of drug-likeness (QED) is 0.617. The van der Waals surface area contributed by atoms with E-state index in [1.165, 1.54) is 30.3 Å². The molecule has 0 radical (unpaired) electrons. The van der Waals surface area contributed by atoms with E-state index in [1.807, 2.05) is 0 Å². The SMILES string of the molecule is O=S(=O)([O-])C(F)(F)C(OCc1ccccc1)C(F)(F)F. The zero-order valence-corrected chi connectivity index (χ0v) is 10.4. The minimum Gasteiger partial charge on any atom is -0.743 e. The van der Waals surface area contributed by atoms with Gasteiger partial charge in [0.15, 0.2) is 10.1 Å². The summed E-state index contributed by atoms with van der Waals surface area (Å²) in [5.74, 6) is 0. The topological polar surface area (TPSA) is 66.4 Å². The van der Waals surface area contributed by atoms with Gasteiger partial charge in [0.05, 0.1) is 6.61 Å². The third kappa shape index (κ3) is 3.87. The summed E-state index contributed by atoms with van der Waals surface area (Å²) < 4.78 is 98.1. The highest BCUT2D eigenvalue weighted by Crippen LogP contribution is 2.38. The highest BCUT2D eigenvalue weighted by Gasteiger charge is 2.61. The number of alkyl halides is 5. The number of rotatable bonds is 5. The van der Waals surface area contributed by atoms with E-state index < -0.39 is 34.3 Å². The van der Waals surface area contributed by atoms with E-state index in [0.717, 1.165) is 0 Å². The largest absolute Gasteiger partial charge is 0.743 e. The molecule has 0 heterocycles. The summed E-state index contributed by atoms with van der Waals surface area (Å²) in [7, 11) is -6.52. The summed E-state index contributed by atoms with van der Waals surface area (Å²) in [5, 5.41) is -5.61. The molecule has 1 aromatic rings. The van der Waals surface area contributed by atoms with Gasteiger partial charge in [-0.05, 0) is 5.56 Å². The van der Waals surface area contributed by atoms with Crippen LogP contribution >= 0.6 is 0 Å². The zero-order valence-electron chi connectivity index (χ0n) is 9.60. The van der Waals surface area contributed by atoms with Gasteiger partial charge in [0.2, 0.25) is 6.10 Å². The molecule has 0 fully saturated rings. The Hall–Kier alpha value is -1.26. The molecule has 0 spiro atoms. The van der Waals surface area contributed by atoms with Crippen molar-refractivity contribution in [2.24, 2.45) is 0 Å². The average Bonchev–Trinajstić information content (AvgIpc) is 2.27.